The summed E-state index contributed by atoms with van der Waals surface area (Å²) in [5.74, 6) is 2.31. The second-order valence-corrected chi connectivity index (χ2v) is 3.95. The highest BCUT2D eigenvalue weighted by atomic mass is 16.5. The number of hydrogen-bond acceptors (Lipinski definition) is 2. The third-order valence-corrected chi connectivity index (χ3v) is 3.26. The van der Waals surface area contributed by atoms with E-state index in [1.54, 1.807) is 7.11 Å². The molecule has 0 radical (unpaired) electrons. The highest BCUT2D eigenvalue weighted by Crippen LogP contribution is 2.41. The molecule has 0 spiro atoms. The molecule has 0 aliphatic heterocycles. The van der Waals surface area contributed by atoms with Crippen molar-refractivity contribution in [1.29, 1.82) is 0 Å². The lowest BCUT2D eigenvalue weighted by molar-refractivity contribution is 0.263. The number of benzene rings is 1. The number of nitrogens with two attached hydrogens (primary N) is 1. The van der Waals surface area contributed by atoms with Crippen LogP contribution in [-0.2, 0) is 0 Å². The molecule has 2 nitrogen and oxygen atoms in total. The molecule has 0 saturated heterocycles. The number of rotatable bonds is 3. The van der Waals surface area contributed by atoms with Gasteiger partial charge in [-0.3, -0.25) is 0 Å². The van der Waals surface area contributed by atoms with Gasteiger partial charge in [0, 0.05) is 0 Å². The first-order valence-corrected chi connectivity index (χ1v) is 5.19. The van der Waals surface area contributed by atoms with Gasteiger partial charge in [0.1, 0.15) is 5.75 Å². The van der Waals surface area contributed by atoms with Crippen LogP contribution in [0.1, 0.15) is 24.3 Å². The van der Waals surface area contributed by atoms with E-state index < -0.39 is 0 Å². The molecule has 2 atom stereocenters. The Labute approximate surface area is 85.1 Å². The van der Waals surface area contributed by atoms with Crippen LogP contribution in [0.5, 0.6) is 5.75 Å². The van der Waals surface area contributed by atoms with Gasteiger partial charge in [0.2, 0.25) is 0 Å². The standard InChI is InChI=1S/C12H17NO/c1-14-11-5-2-9(3-6-11)12-7-4-10(12)8-13/h2-3,5-6,10,12H,4,7-8,13H2,1H3. The maximum Gasteiger partial charge on any atom is 0.118 e. The van der Waals surface area contributed by atoms with Gasteiger partial charge in [-0.25, -0.2) is 0 Å². The molecule has 0 aromatic heterocycles. The van der Waals surface area contributed by atoms with Gasteiger partial charge in [0.25, 0.3) is 0 Å². The van der Waals surface area contributed by atoms with E-state index in [0.29, 0.717) is 11.8 Å². The largest absolute Gasteiger partial charge is 0.497 e. The average Bonchev–Trinajstić information content (AvgIpc) is 2.18. The number of hydrogen-bond donors (Lipinski definition) is 1. The van der Waals surface area contributed by atoms with Crippen LogP contribution in [0.2, 0.25) is 0 Å². The summed E-state index contributed by atoms with van der Waals surface area (Å²) in [6.07, 6.45) is 2.57. The van der Waals surface area contributed by atoms with Gasteiger partial charge in [-0.15, -0.1) is 0 Å². The van der Waals surface area contributed by atoms with Gasteiger partial charge in [0.15, 0.2) is 0 Å². The molecule has 2 rings (SSSR count). The molecule has 14 heavy (non-hydrogen) atoms. The van der Waals surface area contributed by atoms with Crippen molar-refractivity contribution in [2.75, 3.05) is 13.7 Å². The fourth-order valence-electron chi connectivity index (χ4n) is 2.14. The fraction of sp³-hybridized carbons (Fsp3) is 0.500. The summed E-state index contributed by atoms with van der Waals surface area (Å²) in [4.78, 5) is 0. The first-order valence-electron chi connectivity index (χ1n) is 5.19. The van der Waals surface area contributed by atoms with Crippen molar-refractivity contribution in [3.63, 3.8) is 0 Å². The van der Waals surface area contributed by atoms with E-state index in [-0.39, 0.29) is 0 Å². The second-order valence-electron chi connectivity index (χ2n) is 3.95. The smallest absolute Gasteiger partial charge is 0.118 e. The first kappa shape index (κ1) is 9.53. The lowest BCUT2D eigenvalue weighted by Gasteiger charge is -2.36. The van der Waals surface area contributed by atoms with E-state index >= 15 is 0 Å². The van der Waals surface area contributed by atoms with Crippen molar-refractivity contribution in [1.82, 2.24) is 0 Å². The predicted octanol–water partition coefficient (Wildman–Crippen LogP) is 2.15. The zero-order chi connectivity index (χ0) is 9.97. The summed E-state index contributed by atoms with van der Waals surface area (Å²) in [7, 11) is 1.70. The summed E-state index contributed by atoms with van der Waals surface area (Å²) in [6, 6.07) is 8.37. The van der Waals surface area contributed by atoms with Crippen LogP contribution in [0.3, 0.4) is 0 Å². The molecule has 1 fully saturated rings. The molecule has 76 valence electrons. The molecule has 2 unspecified atom stereocenters. The Bertz CT molecular complexity index is 292. The molecule has 0 heterocycles. The molecule has 1 saturated carbocycles. The Kier molecular flexibility index (Phi) is 2.73. The predicted molar refractivity (Wildman–Crippen MR) is 57.5 cm³/mol. The summed E-state index contributed by atoms with van der Waals surface area (Å²) in [5.41, 5.74) is 7.10. The van der Waals surface area contributed by atoms with Crippen LogP contribution in [0, 0.1) is 5.92 Å². The number of methoxy groups -OCH3 is 1. The normalized spacial score (nSPS) is 25.6. The molecule has 1 aliphatic carbocycles. The molecule has 1 aromatic carbocycles. The van der Waals surface area contributed by atoms with Crippen molar-refractivity contribution >= 4 is 0 Å². The Balaban J connectivity index is 2.09. The van der Waals surface area contributed by atoms with Crippen LogP contribution in [0.4, 0.5) is 0 Å². The topological polar surface area (TPSA) is 35.2 Å². The minimum atomic E-state index is 0.686. The zero-order valence-corrected chi connectivity index (χ0v) is 8.57. The van der Waals surface area contributed by atoms with E-state index in [1.165, 1.54) is 18.4 Å². The van der Waals surface area contributed by atoms with Crippen molar-refractivity contribution < 1.29 is 4.74 Å². The molecular weight excluding hydrogens is 174 g/mol. The van der Waals surface area contributed by atoms with Crippen LogP contribution >= 0.6 is 0 Å². The lowest BCUT2D eigenvalue weighted by Crippen LogP contribution is -2.30. The van der Waals surface area contributed by atoms with Gasteiger partial charge in [0.05, 0.1) is 7.11 Å². The monoisotopic (exact) mass is 191 g/mol. The molecule has 1 aromatic rings. The SMILES string of the molecule is COc1ccc(C2CCC2CN)cc1. The quantitative estimate of drug-likeness (QED) is 0.794. The molecule has 0 amide bonds. The van der Waals surface area contributed by atoms with Gasteiger partial charge >= 0.3 is 0 Å². The van der Waals surface area contributed by atoms with E-state index in [1.807, 2.05) is 12.1 Å². The van der Waals surface area contributed by atoms with Crippen molar-refractivity contribution in [2.45, 2.75) is 18.8 Å². The van der Waals surface area contributed by atoms with Crippen LogP contribution in [-0.4, -0.2) is 13.7 Å². The van der Waals surface area contributed by atoms with Gasteiger partial charge < -0.3 is 10.5 Å². The van der Waals surface area contributed by atoms with E-state index in [9.17, 15) is 0 Å². The summed E-state index contributed by atoms with van der Waals surface area (Å²) in [5, 5.41) is 0. The lowest BCUT2D eigenvalue weighted by atomic mass is 9.70. The number of ether oxygens (including phenoxy) is 1. The second kappa shape index (κ2) is 4.01. The molecule has 1 aliphatic rings. The minimum absolute atomic E-state index is 0.686. The summed E-state index contributed by atoms with van der Waals surface area (Å²) in [6.45, 7) is 0.816. The van der Waals surface area contributed by atoms with Crippen molar-refractivity contribution in [3.05, 3.63) is 29.8 Å². The minimum Gasteiger partial charge on any atom is -0.497 e. The average molecular weight is 191 g/mol. The van der Waals surface area contributed by atoms with Crippen LogP contribution < -0.4 is 10.5 Å². The van der Waals surface area contributed by atoms with Gasteiger partial charge in [-0.05, 0) is 48.9 Å². The van der Waals surface area contributed by atoms with Crippen molar-refractivity contribution in [2.24, 2.45) is 11.7 Å². The molecular formula is C12H17NO. The summed E-state index contributed by atoms with van der Waals surface area (Å²) < 4.78 is 5.13. The van der Waals surface area contributed by atoms with Gasteiger partial charge in [-0.2, -0.15) is 0 Å². The molecule has 0 bridgehead atoms. The highest BCUT2D eigenvalue weighted by Gasteiger charge is 2.30. The molecule has 2 N–H and O–H groups in total. The van der Waals surface area contributed by atoms with E-state index in [0.717, 1.165) is 12.3 Å². The van der Waals surface area contributed by atoms with E-state index in [2.05, 4.69) is 12.1 Å². The Hall–Kier alpha value is -1.02. The summed E-state index contributed by atoms with van der Waals surface area (Å²) >= 11 is 0. The fourth-order valence-corrected chi connectivity index (χ4v) is 2.14. The Morgan fingerprint density at radius 3 is 2.43 bits per heavy atom. The Morgan fingerprint density at radius 2 is 2.00 bits per heavy atom. The zero-order valence-electron chi connectivity index (χ0n) is 8.57. The Morgan fingerprint density at radius 1 is 1.29 bits per heavy atom. The van der Waals surface area contributed by atoms with E-state index in [4.69, 9.17) is 10.5 Å². The molecule has 2 heteroatoms. The third-order valence-electron chi connectivity index (χ3n) is 3.26. The first-order chi connectivity index (χ1) is 6.85. The maximum atomic E-state index is 5.69. The van der Waals surface area contributed by atoms with Crippen molar-refractivity contribution in [3.8, 4) is 5.75 Å². The highest BCUT2D eigenvalue weighted by molar-refractivity contribution is 5.30. The van der Waals surface area contributed by atoms with Gasteiger partial charge in [-0.1, -0.05) is 12.1 Å². The van der Waals surface area contributed by atoms with Crippen LogP contribution in [0.25, 0.3) is 0 Å². The van der Waals surface area contributed by atoms with Crippen LogP contribution in [0.15, 0.2) is 24.3 Å². The maximum absolute atomic E-state index is 5.69. The third kappa shape index (κ3) is 1.62.